The fourth-order valence-corrected chi connectivity index (χ4v) is 2.91. The highest BCUT2D eigenvalue weighted by molar-refractivity contribution is 14.1. The highest BCUT2D eigenvalue weighted by atomic mass is 127. The third-order valence-corrected chi connectivity index (χ3v) is 4.62. The van der Waals surface area contributed by atoms with Gasteiger partial charge in [-0.05, 0) is 52.4 Å². The van der Waals surface area contributed by atoms with Crippen molar-refractivity contribution in [1.29, 1.82) is 0 Å². The average Bonchev–Trinajstić information content (AvgIpc) is 3.03. The van der Waals surface area contributed by atoms with Crippen LogP contribution in [-0.4, -0.2) is 15.1 Å². The molecule has 6 nitrogen and oxygen atoms in total. The van der Waals surface area contributed by atoms with Crippen LogP contribution >= 0.6 is 34.4 Å². The summed E-state index contributed by atoms with van der Waals surface area (Å²) in [6.45, 7) is 0. The molecule has 116 valence electrons. The van der Waals surface area contributed by atoms with Gasteiger partial charge in [-0.15, -0.1) is 10.2 Å². The van der Waals surface area contributed by atoms with E-state index < -0.39 is 4.92 Å². The maximum Gasteiger partial charge on any atom is 0.277 e. The Morgan fingerprint density at radius 1 is 1.09 bits per heavy atom. The van der Waals surface area contributed by atoms with Crippen molar-refractivity contribution < 1.29 is 9.34 Å². The second kappa shape index (κ2) is 7.09. The predicted octanol–water partition coefficient (Wildman–Crippen LogP) is 4.54. The molecule has 0 aliphatic rings. The lowest BCUT2D eigenvalue weighted by atomic mass is 10.2. The summed E-state index contributed by atoms with van der Waals surface area (Å²) in [4.78, 5) is 10.2. The molecular weight excluding hydrogens is 429 g/mol. The number of hydrogen-bond acceptors (Lipinski definition) is 6. The monoisotopic (exact) mass is 439 g/mol. The van der Waals surface area contributed by atoms with Crippen molar-refractivity contribution in [1.82, 2.24) is 10.2 Å². The van der Waals surface area contributed by atoms with Gasteiger partial charge in [-0.2, -0.15) is 0 Å². The number of nitrogens with zero attached hydrogens (tertiary/aromatic N) is 3. The van der Waals surface area contributed by atoms with Crippen molar-refractivity contribution in [3.63, 3.8) is 0 Å². The molecule has 2 aromatic carbocycles. The van der Waals surface area contributed by atoms with E-state index in [2.05, 4.69) is 32.8 Å². The van der Waals surface area contributed by atoms with Gasteiger partial charge in [0.2, 0.25) is 5.89 Å². The Morgan fingerprint density at radius 2 is 1.78 bits per heavy atom. The predicted molar refractivity (Wildman–Crippen MR) is 95.1 cm³/mol. The number of non-ortho nitro benzene ring substituents is 1. The van der Waals surface area contributed by atoms with Crippen molar-refractivity contribution in [2.24, 2.45) is 0 Å². The van der Waals surface area contributed by atoms with Crippen LogP contribution in [0.5, 0.6) is 0 Å². The van der Waals surface area contributed by atoms with Crippen molar-refractivity contribution in [2.75, 3.05) is 0 Å². The second-order valence-electron chi connectivity index (χ2n) is 4.59. The van der Waals surface area contributed by atoms with Crippen LogP contribution in [0, 0.1) is 13.7 Å². The van der Waals surface area contributed by atoms with Crippen molar-refractivity contribution in [3.8, 4) is 11.5 Å². The van der Waals surface area contributed by atoms with Gasteiger partial charge < -0.3 is 4.42 Å². The summed E-state index contributed by atoms with van der Waals surface area (Å²) in [6.07, 6.45) is 0. The number of rotatable bonds is 5. The first kappa shape index (κ1) is 15.9. The molecule has 0 N–H and O–H groups in total. The van der Waals surface area contributed by atoms with Gasteiger partial charge in [0.15, 0.2) is 0 Å². The first-order valence-corrected chi connectivity index (χ1v) is 8.64. The highest BCUT2D eigenvalue weighted by Gasteiger charge is 2.10. The number of benzene rings is 2. The lowest BCUT2D eigenvalue weighted by molar-refractivity contribution is -0.384. The number of thioether (sulfide) groups is 1. The van der Waals surface area contributed by atoms with Crippen LogP contribution in [0.15, 0.2) is 58.2 Å². The molecule has 0 aliphatic carbocycles. The van der Waals surface area contributed by atoms with Gasteiger partial charge >= 0.3 is 0 Å². The van der Waals surface area contributed by atoms with Crippen LogP contribution in [0.4, 0.5) is 5.69 Å². The van der Waals surface area contributed by atoms with Crippen LogP contribution in [0.2, 0.25) is 0 Å². The van der Waals surface area contributed by atoms with Crippen LogP contribution in [0.3, 0.4) is 0 Å². The molecule has 1 heterocycles. The van der Waals surface area contributed by atoms with Gasteiger partial charge in [0, 0.05) is 27.0 Å². The molecule has 23 heavy (non-hydrogen) atoms. The van der Waals surface area contributed by atoms with Gasteiger partial charge in [-0.1, -0.05) is 23.9 Å². The molecule has 0 amide bonds. The van der Waals surface area contributed by atoms with E-state index in [0.29, 0.717) is 16.9 Å². The number of hydrogen-bond donors (Lipinski definition) is 0. The summed E-state index contributed by atoms with van der Waals surface area (Å²) < 4.78 is 6.76. The zero-order valence-electron chi connectivity index (χ0n) is 11.7. The summed E-state index contributed by atoms with van der Waals surface area (Å²) in [7, 11) is 0. The molecule has 8 heteroatoms. The lowest BCUT2D eigenvalue weighted by Gasteiger charge is -1.98. The van der Waals surface area contributed by atoms with E-state index in [1.807, 2.05) is 24.3 Å². The zero-order chi connectivity index (χ0) is 16.2. The van der Waals surface area contributed by atoms with Crippen LogP contribution < -0.4 is 0 Å². The Labute approximate surface area is 149 Å². The van der Waals surface area contributed by atoms with Crippen molar-refractivity contribution in [3.05, 3.63) is 67.8 Å². The van der Waals surface area contributed by atoms with Crippen LogP contribution in [0.25, 0.3) is 11.5 Å². The van der Waals surface area contributed by atoms with Crippen LogP contribution in [-0.2, 0) is 5.75 Å². The van der Waals surface area contributed by atoms with E-state index >= 15 is 0 Å². The molecular formula is C15H10IN3O3S. The zero-order valence-corrected chi connectivity index (χ0v) is 14.7. The maximum absolute atomic E-state index is 10.6. The normalized spacial score (nSPS) is 10.7. The molecule has 3 aromatic rings. The minimum atomic E-state index is -0.414. The van der Waals surface area contributed by atoms with E-state index in [-0.39, 0.29) is 5.69 Å². The molecule has 0 atom stereocenters. The number of aromatic nitrogens is 2. The molecule has 0 saturated carbocycles. The molecule has 0 fully saturated rings. The molecule has 0 radical (unpaired) electrons. The Kier molecular flexibility index (Phi) is 4.91. The van der Waals surface area contributed by atoms with Gasteiger partial charge in [0.25, 0.3) is 10.9 Å². The average molecular weight is 439 g/mol. The largest absolute Gasteiger partial charge is 0.411 e. The molecule has 0 bridgehead atoms. The summed E-state index contributed by atoms with van der Waals surface area (Å²) in [5.41, 5.74) is 1.91. The highest BCUT2D eigenvalue weighted by Crippen LogP contribution is 2.26. The molecule has 3 rings (SSSR count). The standard InChI is InChI=1S/C15H10IN3O3S/c16-12-5-3-11(4-6-12)14-17-18-15(22-14)23-9-10-1-7-13(8-2-10)19(20)21/h1-8H,9H2. The molecule has 0 unspecified atom stereocenters. The Hall–Kier alpha value is -1.94. The fourth-order valence-electron chi connectivity index (χ4n) is 1.84. The lowest BCUT2D eigenvalue weighted by Crippen LogP contribution is -1.88. The second-order valence-corrected chi connectivity index (χ2v) is 6.76. The molecule has 0 spiro atoms. The number of nitro groups is 1. The Bertz CT molecular complexity index is 819. The van der Waals surface area contributed by atoms with E-state index in [1.54, 1.807) is 12.1 Å². The van der Waals surface area contributed by atoms with Crippen molar-refractivity contribution in [2.45, 2.75) is 11.0 Å². The first-order chi connectivity index (χ1) is 11.1. The summed E-state index contributed by atoms with van der Waals surface area (Å²) in [6, 6.07) is 14.2. The molecule has 1 aromatic heterocycles. The maximum atomic E-state index is 10.6. The molecule has 0 saturated heterocycles. The van der Waals surface area contributed by atoms with E-state index in [9.17, 15) is 10.1 Å². The third kappa shape index (κ3) is 4.08. The minimum Gasteiger partial charge on any atom is -0.411 e. The first-order valence-electron chi connectivity index (χ1n) is 6.57. The topological polar surface area (TPSA) is 82.1 Å². The third-order valence-electron chi connectivity index (χ3n) is 3.01. The van der Waals surface area contributed by atoms with E-state index in [0.717, 1.165) is 14.7 Å². The minimum absolute atomic E-state index is 0.0811. The van der Waals surface area contributed by atoms with Crippen LogP contribution in [0.1, 0.15) is 5.56 Å². The Morgan fingerprint density at radius 3 is 2.43 bits per heavy atom. The smallest absolute Gasteiger partial charge is 0.277 e. The summed E-state index contributed by atoms with van der Waals surface area (Å²) in [5.74, 6) is 1.08. The fraction of sp³-hybridized carbons (Fsp3) is 0.0667. The summed E-state index contributed by atoms with van der Waals surface area (Å²) >= 11 is 3.63. The van der Waals surface area contributed by atoms with E-state index in [4.69, 9.17) is 4.42 Å². The van der Waals surface area contributed by atoms with Gasteiger partial charge in [0.1, 0.15) is 0 Å². The van der Waals surface area contributed by atoms with E-state index in [1.165, 1.54) is 23.9 Å². The summed E-state index contributed by atoms with van der Waals surface area (Å²) in [5, 5.41) is 19.1. The van der Waals surface area contributed by atoms with Gasteiger partial charge in [-0.25, -0.2) is 0 Å². The quantitative estimate of drug-likeness (QED) is 0.251. The van der Waals surface area contributed by atoms with Crippen molar-refractivity contribution >= 4 is 40.0 Å². The SMILES string of the molecule is O=[N+]([O-])c1ccc(CSc2nnc(-c3ccc(I)cc3)o2)cc1. The molecule has 0 aliphatic heterocycles. The number of nitro benzene ring substituents is 1. The number of halogens is 1. The van der Waals surface area contributed by atoms with Gasteiger partial charge in [0.05, 0.1) is 4.92 Å². The van der Waals surface area contributed by atoms with Gasteiger partial charge in [-0.3, -0.25) is 10.1 Å². The Balaban J connectivity index is 1.65.